The molecular formula is C13H18N4O2. The fourth-order valence-corrected chi connectivity index (χ4v) is 2.62. The molecule has 0 radical (unpaired) electrons. The lowest BCUT2D eigenvalue weighted by Crippen LogP contribution is -2.39. The van der Waals surface area contributed by atoms with Crippen LogP contribution in [0.1, 0.15) is 25.7 Å². The molecule has 2 aliphatic rings. The molecule has 6 heteroatoms. The van der Waals surface area contributed by atoms with Crippen LogP contribution in [0.2, 0.25) is 0 Å². The van der Waals surface area contributed by atoms with Crippen molar-refractivity contribution in [1.82, 2.24) is 10.3 Å². The molecule has 3 rings (SSSR count). The quantitative estimate of drug-likeness (QED) is 0.646. The summed E-state index contributed by atoms with van der Waals surface area (Å²) in [5.74, 6) is 0.863. The Bertz CT molecular complexity index is 452. The molecule has 6 nitrogen and oxygen atoms in total. The zero-order chi connectivity index (χ0) is 13.2. The number of nitro groups is 1. The van der Waals surface area contributed by atoms with Gasteiger partial charge >= 0.3 is 0 Å². The van der Waals surface area contributed by atoms with Gasteiger partial charge < -0.3 is 10.2 Å². The Morgan fingerprint density at radius 2 is 2.26 bits per heavy atom. The van der Waals surface area contributed by atoms with Crippen molar-refractivity contribution < 1.29 is 4.92 Å². The largest absolute Gasteiger partial charge is 0.352 e. The molecule has 0 spiro atoms. The second-order valence-corrected chi connectivity index (χ2v) is 5.31. The normalized spacial score (nSPS) is 22.4. The molecule has 1 N–H and O–H groups in total. The molecule has 1 aromatic heterocycles. The number of anilines is 1. The third-order valence-electron chi connectivity index (χ3n) is 3.80. The van der Waals surface area contributed by atoms with E-state index < -0.39 is 4.92 Å². The van der Waals surface area contributed by atoms with Crippen LogP contribution in [0, 0.1) is 10.1 Å². The van der Waals surface area contributed by atoms with Crippen LogP contribution in [-0.4, -0.2) is 35.1 Å². The Hall–Kier alpha value is -1.69. The van der Waals surface area contributed by atoms with Crippen LogP contribution in [0.3, 0.4) is 0 Å². The van der Waals surface area contributed by atoms with E-state index in [1.807, 2.05) is 0 Å². The zero-order valence-electron chi connectivity index (χ0n) is 10.8. The third-order valence-corrected chi connectivity index (χ3v) is 3.80. The monoisotopic (exact) mass is 262 g/mol. The van der Waals surface area contributed by atoms with E-state index in [1.54, 1.807) is 12.1 Å². The first-order valence-corrected chi connectivity index (χ1v) is 6.84. The highest BCUT2D eigenvalue weighted by molar-refractivity contribution is 5.45. The minimum Gasteiger partial charge on any atom is -0.352 e. The van der Waals surface area contributed by atoms with E-state index in [-0.39, 0.29) is 5.69 Å². The number of hydrogen-bond donors (Lipinski definition) is 1. The summed E-state index contributed by atoms with van der Waals surface area (Å²) in [4.78, 5) is 16.8. The molecule has 1 aromatic rings. The fourth-order valence-electron chi connectivity index (χ4n) is 2.62. The predicted molar refractivity (Wildman–Crippen MR) is 72.3 cm³/mol. The Kier molecular flexibility index (Phi) is 3.33. The third kappa shape index (κ3) is 2.84. The summed E-state index contributed by atoms with van der Waals surface area (Å²) in [6, 6.07) is 4.40. The van der Waals surface area contributed by atoms with Gasteiger partial charge in [-0.15, -0.1) is 0 Å². The molecule has 2 fully saturated rings. The van der Waals surface area contributed by atoms with Crippen molar-refractivity contribution >= 4 is 11.5 Å². The van der Waals surface area contributed by atoms with Gasteiger partial charge in [0.05, 0.1) is 4.92 Å². The number of nitrogens with zero attached hydrogens (tertiary/aromatic N) is 3. The average molecular weight is 262 g/mol. The van der Waals surface area contributed by atoms with Crippen molar-refractivity contribution in [3.63, 3.8) is 0 Å². The number of hydrogen-bond acceptors (Lipinski definition) is 5. The minimum atomic E-state index is -0.406. The second kappa shape index (κ2) is 5.13. The van der Waals surface area contributed by atoms with Gasteiger partial charge in [0.25, 0.3) is 5.69 Å². The topological polar surface area (TPSA) is 71.3 Å². The van der Waals surface area contributed by atoms with Crippen LogP contribution in [0.25, 0.3) is 0 Å². The molecule has 1 aliphatic heterocycles. The highest BCUT2D eigenvalue weighted by Crippen LogP contribution is 2.31. The number of aromatic nitrogens is 1. The molecule has 1 saturated carbocycles. The Labute approximate surface area is 112 Å². The van der Waals surface area contributed by atoms with Crippen LogP contribution < -0.4 is 10.2 Å². The van der Waals surface area contributed by atoms with Crippen LogP contribution in [0.5, 0.6) is 0 Å². The molecule has 2 heterocycles. The van der Waals surface area contributed by atoms with E-state index in [2.05, 4.69) is 15.2 Å². The van der Waals surface area contributed by atoms with Gasteiger partial charge in [-0.05, 0) is 38.3 Å². The van der Waals surface area contributed by atoms with Crippen LogP contribution in [0.15, 0.2) is 18.3 Å². The second-order valence-electron chi connectivity index (χ2n) is 5.31. The maximum atomic E-state index is 10.6. The van der Waals surface area contributed by atoms with Gasteiger partial charge in [0.15, 0.2) is 0 Å². The summed E-state index contributed by atoms with van der Waals surface area (Å²) in [6.45, 7) is 2.05. The SMILES string of the molecule is O=[N+]([O-])c1ccc(N(CC2CCCN2)C2CC2)nc1. The summed E-state index contributed by atoms with van der Waals surface area (Å²) < 4.78 is 0. The maximum absolute atomic E-state index is 10.6. The molecule has 1 atom stereocenters. The van der Waals surface area contributed by atoms with Crippen molar-refractivity contribution in [3.05, 3.63) is 28.4 Å². The summed E-state index contributed by atoms with van der Waals surface area (Å²) in [7, 11) is 0. The minimum absolute atomic E-state index is 0.0542. The van der Waals surface area contributed by atoms with Gasteiger partial charge in [-0.25, -0.2) is 4.98 Å². The van der Waals surface area contributed by atoms with Gasteiger partial charge in [-0.3, -0.25) is 10.1 Å². The maximum Gasteiger partial charge on any atom is 0.287 e. The number of nitrogens with one attached hydrogen (secondary N) is 1. The molecule has 0 aromatic carbocycles. The van der Waals surface area contributed by atoms with E-state index in [0.29, 0.717) is 12.1 Å². The highest BCUT2D eigenvalue weighted by atomic mass is 16.6. The molecular weight excluding hydrogens is 244 g/mol. The Morgan fingerprint density at radius 1 is 1.42 bits per heavy atom. The van der Waals surface area contributed by atoms with Gasteiger partial charge in [0.2, 0.25) is 0 Å². The van der Waals surface area contributed by atoms with Crippen LogP contribution >= 0.6 is 0 Å². The lowest BCUT2D eigenvalue weighted by atomic mass is 10.2. The van der Waals surface area contributed by atoms with E-state index in [4.69, 9.17) is 0 Å². The highest BCUT2D eigenvalue weighted by Gasteiger charge is 2.32. The number of pyridine rings is 1. The molecule has 1 saturated heterocycles. The molecule has 1 unspecified atom stereocenters. The van der Waals surface area contributed by atoms with E-state index >= 15 is 0 Å². The average Bonchev–Trinajstić information content (AvgIpc) is 3.13. The van der Waals surface area contributed by atoms with Crippen molar-refractivity contribution in [2.75, 3.05) is 18.0 Å². The van der Waals surface area contributed by atoms with Crippen LogP contribution in [-0.2, 0) is 0 Å². The van der Waals surface area contributed by atoms with Gasteiger partial charge in [-0.1, -0.05) is 0 Å². The Balaban J connectivity index is 1.73. The van der Waals surface area contributed by atoms with E-state index in [0.717, 1.165) is 18.9 Å². The standard InChI is InChI=1S/C13H18N4O2/c18-17(19)12-5-6-13(15-8-12)16(11-3-4-11)9-10-2-1-7-14-10/h5-6,8,10-11,14H,1-4,7,9H2. The van der Waals surface area contributed by atoms with E-state index in [9.17, 15) is 10.1 Å². The zero-order valence-corrected chi connectivity index (χ0v) is 10.8. The number of rotatable bonds is 5. The van der Waals surface area contributed by atoms with Gasteiger partial charge in [0, 0.05) is 24.7 Å². The summed E-state index contributed by atoms with van der Waals surface area (Å²) in [5.41, 5.74) is 0.0542. The summed E-state index contributed by atoms with van der Waals surface area (Å²) in [5, 5.41) is 14.1. The van der Waals surface area contributed by atoms with Crippen molar-refractivity contribution in [2.45, 2.75) is 37.8 Å². The smallest absolute Gasteiger partial charge is 0.287 e. The molecule has 1 aliphatic carbocycles. The first-order chi connectivity index (χ1) is 9.24. The molecule has 0 bridgehead atoms. The fraction of sp³-hybridized carbons (Fsp3) is 0.615. The van der Waals surface area contributed by atoms with Gasteiger partial charge in [0.1, 0.15) is 12.0 Å². The Morgan fingerprint density at radius 3 is 2.79 bits per heavy atom. The van der Waals surface area contributed by atoms with Crippen molar-refractivity contribution in [3.8, 4) is 0 Å². The van der Waals surface area contributed by atoms with E-state index in [1.165, 1.54) is 31.9 Å². The predicted octanol–water partition coefficient (Wildman–Crippen LogP) is 1.71. The lowest BCUT2D eigenvalue weighted by molar-refractivity contribution is -0.385. The molecule has 102 valence electrons. The van der Waals surface area contributed by atoms with Crippen molar-refractivity contribution in [1.29, 1.82) is 0 Å². The van der Waals surface area contributed by atoms with Crippen molar-refractivity contribution in [2.24, 2.45) is 0 Å². The summed E-state index contributed by atoms with van der Waals surface area (Å²) in [6.07, 6.45) is 6.19. The first kappa shape index (κ1) is 12.3. The summed E-state index contributed by atoms with van der Waals surface area (Å²) >= 11 is 0. The van der Waals surface area contributed by atoms with Crippen LogP contribution in [0.4, 0.5) is 11.5 Å². The van der Waals surface area contributed by atoms with Gasteiger partial charge in [-0.2, -0.15) is 0 Å². The molecule has 19 heavy (non-hydrogen) atoms. The lowest BCUT2D eigenvalue weighted by Gasteiger charge is -2.26. The molecule has 0 amide bonds. The first-order valence-electron chi connectivity index (χ1n) is 6.84.